The SMILES string of the molecule is C=C(C)CNCc1csc(N(CC)C(C)=O)n1. The molecule has 0 aromatic carbocycles. The zero-order valence-electron chi connectivity index (χ0n) is 10.6. The Morgan fingerprint density at radius 3 is 2.82 bits per heavy atom. The molecule has 0 radical (unpaired) electrons. The van der Waals surface area contributed by atoms with Gasteiger partial charge in [-0.1, -0.05) is 12.2 Å². The van der Waals surface area contributed by atoms with Crippen LogP contribution >= 0.6 is 11.3 Å². The van der Waals surface area contributed by atoms with Gasteiger partial charge in [-0.2, -0.15) is 0 Å². The molecule has 0 fully saturated rings. The average molecular weight is 253 g/mol. The van der Waals surface area contributed by atoms with Gasteiger partial charge < -0.3 is 5.32 Å². The Kier molecular flexibility index (Phi) is 5.31. The molecule has 1 rings (SSSR count). The maximum absolute atomic E-state index is 11.4. The minimum atomic E-state index is 0.0308. The zero-order chi connectivity index (χ0) is 12.8. The molecule has 0 unspecified atom stereocenters. The molecule has 0 saturated heterocycles. The van der Waals surface area contributed by atoms with Crippen LogP contribution in [0.1, 0.15) is 26.5 Å². The highest BCUT2D eigenvalue weighted by Gasteiger charge is 2.12. The predicted octanol–water partition coefficient (Wildman–Crippen LogP) is 2.18. The Balaban J connectivity index is 2.58. The number of nitrogens with zero attached hydrogens (tertiary/aromatic N) is 2. The van der Waals surface area contributed by atoms with E-state index in [1.54, 1.807) is 11.8 Å². The molecular weight excluding hydrogens is 234 g/mol. The van der Waals surface area contributed by atoms with Crippen molar-refractivity contribution in [3.63, 3.8) is 0 Å². The largest absolute Gasteiger partial charge is 0.307 e. The van der Waals surface area contributed by atoms with E-state index in [1.807, 2.05) is 19.2 Å². The predicted molar refractivity (Wildman–Crippen MR) is 72.3 cm³/mol. The summed E-state index contributed by atoms with van der Waals surface area (Å²) in [6, 6.07) is 0. The summed E-state index contributed by atoms with van der Waals surface area (Å²) < 4.78 is 0. The second-order valence-corrected chi connectivity index (χ2v) is 4.78. The number of anilines is 1. The highest BCUT2D eigenvalue weighted by atomic mass is 32.1. The van der Waals surface area contributed by atoms with Crippen molar-refractivity contribution in [2.24, 2.45) is 0 Å². The number of hydrogen-bond donors (Lipinski definition) is 1. The quantitative estimate of drug-likeness (QED) is 0.790. The van der Waals surface area contributed by atoms with E-state index >= 15 is 0 Å². The van der Waals surface area contributed by atoms with Crippen LogP contribution in [0.3, 0.4) is 0 Å². The van der Waals surface area contributed by atoms with Crippen molar-refractivity contribution < 1.29 is 4.79 Å². The molecule has 1 amide bonds. The summed E-state index contributed by atoms with van der Waals surface area (Å²) in [5, 5.41) is 5.99. The lowest BCUT2D eigenvalue weighted by Gasteiger charge is -2.14. The molecule has 0 atom stereocenters. The van der Waals surface area contributed by atoms with Crippen LogP contribution in [0.4, 0.5) is 5.13 Å². The summed E-state index contributed by atoms with van der Waals surface area (Å²) in [5.41, 5.74) is 2.06. The molecule has 0 aliphatic carbocycles. The Morgan fingerprint density at radius 1 is 1.59 bits per heavy atom. The summed E-state index contributed by atoms with van der Waals surface area (Å²) in [6.07, 6.45) is 0. The van der Waals surface area contributed by atoms with Crippen LogP contribution in [0.5, 0.6) is 0 Å². The number of aromatic nitrogens is 1. The van der Waals surface area contributed by atoms with Gasteiger partial charge in [-0.25, -0.2) is 4.98 Å². The first-order valence-corrected chi connectivity index (χ1v) is 6.50. The van der Waals surface area contributed by atoms with Gasteiger partial charge in [0.1, 0.15) is 0 Å². The lowest BCUT2D eigenvalue weighted by atomic mass is 10.3. The summed E-state index contributed by atoms with van der Waals surface area (Å²) in [4.78, 5) is 17.5. The van der Waals surface area contributed by atoms with Gasteiger partial charge >= 0.3 is 0 Å². The molecule has 1 aromatic heterocycles. The van der Waals surface area contributed by atoms with E-state index in [9.17, 15) is 4.79 Å². The number of hydrogen-bond acceptors (Lipinski definition) is 4. The summed E-state index contributed by atoms with van der Waals surface area (Å²) in [7, 11) is 0. The summed E-state index contributed by atoms with van der Waals surface area (Å²) in [5.74, 6) is 0.0308. The van der Waals surface area contributed by atoms with E-state index in [4.69, 9.17) is 0 Å². The van der Waals surface area contributed by atoms with Crippen molar-refractivity contribution >= 4 is 22.4 Å². The van der Waals surface area contributed by atoms with Crippen molar-refractivity contribution in [1.82, 2.24) is 10.3 Å². The first-order chi connectivity index (χ1) is 8.04. The Bertz CT molecular complexity index is 400. The third kappa shape index (κ3) is 4.28. The minimum Gasteiger partial charge on any atom is -0.307 e. The highest BCUT2D eigenvalue weighted by molar-refractivity contribution is 7.14. The molecule has 0 aliphatic heterocycles. The van der Waals surface area contributed by atoms with Crippen LogP contribution in [0.25, 0.3) is 0 Å². The van der Waals surface area contributed by atoms with Gasteiger partial charge in [0.15, 0.2) is 5.13 Å². The van der Waals surface area contributed by atoms with E-state index in [0.717, 1.165) is 22.9 Å². The van der Waals surface area contributed by atoms with Crippen LogP contribution in [-0.4, -0.2) is 24.0 Å². The first kappa shape index (κ1) is 13.9. The third-order valence-corrected chi connectivity index (χ3v) is 3.11. The normalized spacial score (nSPS) is 10.3. The minimum absolute atomic E-state index is 0.0308. The molecule has 0 bridgehead atoms. The van der Waals surface area contributed by atoms with Crippen LogP contribution in [-0.2, 0) is 11.3 Å². The smallest absolute Gasteiger partial charge is 0.225 e. The van der Waals surface area contributed by atoms with Crippen molar-refractivity contribution in [1.29, 1.82) is 0 Å². The molecule has 5 heteroatoms. The lowest BCUT2D eigenvalue weighted by Crippen LogP contribution is -2.27. The van der Waals surface area contributed by atoms with Gasteiger partial charge in [0, 0.05) is 31.9 Å². The second-order valence-electron chi connectivity index (χ2n) is 3.95. The molecule has 0 saturated carbocycles. The zero-order valence-corrected chi connectivity index (χ0v) is 11.4. The number of thiazole rings is 1. The molecule has 0 spiro atoms. The van der Waals surface area contributed by atoms with Gasteiger partial charge in [0.05, 0.1) is 5.69 Å². The fourth-order valence-corrected chi connectivity index (χ4v) is 2.33. The second kappa shape index (κ2) is 6.51. The molecule has 4 nitrogen and oxygen atoms in total. The topological polar surface area (TPSA) is 45.2 Å². The molecule has 94 valence electrons. The summed E-state index contributed by atoms with van der Waals surface area (Å²) in [6.45, 7) is 11.5. The number of amides is 1. The van der Waals surface area contributed by atoms with Gasteiger partial charge in [0.25, 0.3) is 0 Å². The Hall–Kier alpha value is -1.20. The van der Waals surface area contributed by atoms with Crippen molar-refractivity contribution in [2.75, 3.05) is 18.0 Å². The van der Waals surface area contributed by atoms with Crippen molar-refractivity contribution in [2.45, 2.75) is 27.3 Å². The van der Waals surface area contributed by atoms with Gasteiger partial charge in [0.2, 0.25) is 5.91 Å². The molecule has 1 N–H and O–H groups in total. The molecule has 1 heterocycles. The van der Waals surface area contributed by atoms with Crippen LogP contribution in [0.2, 0.25) is 0 Å². The standard InChI is InChI=1S/C12H19N3OS/c1-5-15(10(4)16)12-14-11(8-17-12)7-13-6-9(2)3/h8,13H,2,5-7H2,1,3-4H3. The molecule has 0 aliphatic rings. The highest BCUT2D eigenvalue weighted by Crippen LogP contribution is 2.20. The number of nitrogens with one attached hydrogen (secondary N) is 1. The number of carbonyl (C=O) groups excluding carboxylic acids is 1. The maximum Gasteiger partial charge on any atom is 0.225 e. The Labute approximate surface area is 106 Å². The average Bonchev–Trinajstić information content (AvgIpc) is 2.66. The number of carbonyl (C=O) groups is 1. The lowest BCUT2D eigenvalue weighted by molar-refractivity contribution is -0.116. The fourth-order valence-electron chi connectivity index (χ4n) is 1.40. The number of rotatable bonds is 6. The van der Waals surface area contributed by atoms with Crippen LogP contribution in [0.15, 0.2) is 17.5 Å². The molecule has 17 heavy (non-hydrogen) atoms. The third-order valence-electron chi connectivity index (χ3n) is 2.20. The van der Waals surface area contributed by atoms with E-state index in [0.29, 0.717) is 13.1 Å². The van der Waals surface area contributed by atoms with Crippen LogP contribution < -0.4 is 10.2 Å². The van der Waals surface area contributed by atoms with Gasteiger partial charge in [-0.3, -0.25) is 9.69 Å². The summed E-state index contributed by atoms with van der Waals surface area (Å²) >= 11 is 1.50. The van der Waals surface area contributed by atoms with Crippen molar-refractivity contribution in [3.8, 4) is 0 Å². The molecular formula is C12H19N3OS. The van der Waals surface area contributed by atoms with Crippen LogP contribution in [0, 0.1) is 0 Å². The van der Waals surface area contributed by atoms with Crippen molar-refractivity contribution in [3.05, 3.63) is 23.2 Å². The monoisotopic (exact) mass is 253 g/mol. The van der Waals surface area contributed by atoms with E-state index in [2.05, 4.69) is 16.9 Å². The molecule has 1 aromatic rings. The van der Waals surface area contributed by atoms with E-state index in [-0.39, 0.29) is 5.91 Å². The fraction of sp³-hybridized carbons (Fsp3) is 0.500. The Morgan fingerprint density at radius 2 is 2.29 bits per heavy atom. The van der Waals surface area contributed by atoms with E-state index in [1.165, 1.54) is 11.3 Å². The maximum atomic E-state index is 11.4. The first-order valence-electron chi connectivity index (χ1n) is 5.62. The van der Waals surface area contributed by atoms with Gasteiger partial charge in [-0.15, -0.1) is 11.3 Å². The van der Waals surface area contributed by atoms with E-state index < -0.39 is 0 Å². The van der Waals surface area contributed by atoms with Gasteiger partial charge in [-0.05, 0) is 13.8 Å².